The van der Waals surface area contributed by atoms with Gasteiger partial charge in [0.15, 0.2) is 0 Å². The number of nitrogens with one attached hydrogen (secondary N) is 2. The third kappa shape index (κ3) is 3.99. The van der Waals surface area contributed by atoms with Crippen LogP contribution in [0.25, 0.3) is 11.3 Å². The van der Waals surface area contributed by atoms with E-state index in [1.807, 2.05) is 37.4 Å². The number of hydrogen-bond acceptors (Lipinski definition) is 4. The predicted molar refractivity (Wildman–Crippen MR) is 99.9 cm³/mol. The third-order valence-electron chi connectivity index (χ3n) is 4.24. The lowest BCUT2D eigenvalue weighted by Crippen LogP contribution is -2.40. The van der Waals surface area contributed by atoms with Crippen molar-refractivity contribution in [2.24, 2.45) is 0 Å². The Bertz CT molecular complexity index is 783. The monoisotopic (exact) mass is 358 g/mol. The van der Waals surface area contributed by atoms with E-state index < -0.39 is 0 Å². The van der Waals surface area contributed by atoms with Crippen LogP contribution in [0.1, 0.15) is 24.4 Å². The van der Waals surface area contributed by atoms with Gasteiger partial charge in [-0.15, -0.1) is 11.3 Å². The summed E-state index contributed by atoms with van der Waals surface area (Å²) in [5.74, 6) is 0.0371. The molecule has 0 saturated carbocycles. The SMILES string of the molecule is CCN(CC)C(=O)NCCc1nc(-c2ccc3c(c2)CC(=O)N3)cs1. The van der Waals surface area contributed by atoms with Crippen molar-refractivity contribution in [3.8, 4) is 11.3 Å². The van der Waals surface area contributed by atoms with Gasteiger partial charge >= 0.3 is 6.03 Å². The molecule has 0 saturated heterocycles. The first-order valence-corrected chi connectivity index (χ1v) is 9.39. The fourth-order valence-electron chi connectivity index (χ4n) is 2.85. The lowest BCUT2D eigenvalue weighted by Gasteiger charge is -2.18. The van der Waals surface area contributed by atoms with Gasteiger partial charge in [0, 0.05) is 42.7 Å². The molecule has 0 atom stereocenters. The fourth-order valence-corrected chi connectivity index (χ4v) is 3.65. The summed E-state index contributed by atoms with van der Waals surface area (Å²) in [6.07, 6.45) is 1.14. The highest BCUT2D eigenvalue weighted by atomic mass is 32.1. The molecule has 0 aliphatic carbocycles. The van der Waals surface area contributed by atoms with Gasteiger partial charge in [-0.3, -0.25) is 4.79 Å². The van der Waals surface area contributed by atoms with E-state index in [1.54, 1.807) is 16.2 Å². The zero-order chi connectivity index (χ0) is 17.8. The number of rotatable bonds is 6. The van der Waals surface area contributed by atoms with Crippen molar-refractivity contribution in [1.82, 2.24) is 15.2 Å². The number of anilines is 1. The highest BCUT2D eigenvalue weighted by molar-refractivity contribution is 7.09. The average Bonchev–Trinajstić information content (AvgIpc) is 3.20. The minimum atomic E-state index is -0.0300. The molecule has 0 unspecified atom stereocenters. The van der Waals surface area contributed by atoms with Gasteiger partial charge in [-0.05, 0) is 31.5 Å². The molecule has 0 bridgehead atoms. The summed E-state index contributed by atoms with van der Waals surface area (Å²) in [6.45, 7) is 5.93. The van der Waals surface area contributed by atoms with E-state index in [0.717, 1.165) is 27.5 Å². The number of hydrogen-bond donors (Lipinski definition) is 2. The number of carbonyl (C=O) groups excluding carboxylic acids is 2. The van der Waals surface area contributed by atoms with E-state index in [4.69, 9.17) is 0 Å². The van der Waals surface area contributed by atoms with Crippen LogP contribution in [0.4, 0.5) is 10.5 Å². The standard InChI is InChI=1S/C18H22N4O2S/c1-3-22(4-2)18(24)19-8-7-17-21-15(11-25-17)12-5-6-14-13(9-12)10-16(23)20-14/h5-6,9,11H,3-4,7-8,10H2,1-2H3,(H,19,24)(H,20,23). The fraction of sp³-hybridized carbons (Fsp3) is 0.389. The summed E-state index contributed by atoms with van der Waals surface area (Å²) >= 11 is 1.59. The Labute approximate surface area is 151 Å². The second-order valence-electron chi connectivity index (χ2n) is 5.88. The molecule has 0 radical (unpaired) electrons. The summed E-state index contributed by atoms with van der Waals surface area (Å²) in [4.78, 5) is 29.8. The molecule has 1 aliphatic rings. The van der Waals surface area contributed by atoms with E-state index >= 15 is 0 Å². The average molecular weight is 358 g/mol. The maximum atomic E-state index is 11.9. The Kier molecular flexibility index (Phi) is 5.33. The van der Waals surface area contributed by atoms with E-state index in [0.29, 0.717) is 32.5 Å². The molecule has 2 aromatic rings. The number of nitrogens with zero attached hydrogens (tertiary/aromatic N) is 2. The molecule has 1 aliphatic heterocycles. The van der Waals surface area contributed by atoms with Crippen LogP contribution < -0.4 is 10.6 Å². The van der Waals surface area contributed by atoms with Gasteiger partial charge in [-0.1, -0.05) is 6.07 Å². The highest BCUT2D eigenvalue weighted by Gasteiger charge is 2.18. The second-order valence-corrected chi connectivity index (χ2v) is 6.82. The molecule has 0 spiro atoms. The number of urea groups is 1. The largest absolute Gasteiger partial charge is 0.338 e. The van der Waals surface area contributed by atoms with Gasteiger partial charge in [0.2, 0.25) is 5.91 Å². The van der Waals surface area contributed by atoms with Crippen molar-refractivity contribution in [2.75, 3.05) is 25.0 Å². The lowest BCUT2D eigenvalue weighted by molar-refractivity contribution is -0.115. The summed E-state index contributed by atoms with van der Waals surface area (Å²) in [5.41, 5.74) is 3.84. The zero-order valence-electron chi connectivity index (χ0n) is 14.5. The molecule has 2 heterocycles. The minimum Gasteiger partial charge on any atom is -0.338 e. The first-order chi connectivity index (χ1) is 12.1. The van der Waals surface area contributed by atoms with Crippen LogP contribution in [-0.4, -0.2) is 41.5 Å². The Morgan fingerprint density at radius 2 is 2.16 bits per heavy atom. The second kappa shape index (κ2) is 7.65. The van der Waals surface area contributed by atoms with Gasteiger partial charge in [0.05, 0.1) is 17.1 Å². The number of aromatic nitrogens is 1. The first-order valence-electron chi connectivity index (χ1n) is 8.51. The normalized spacial score (nSPS) is 12.6. The van der Waals surface area contributed by atoms with Gasteiger partial charge in [-0.25, -0.2) is 9.78 Å². The van der Waals surface area contributed by atoms with E-state index in [-0.39, 0.29) is 11.9 Å². The molecular formula is C18H22N4O2S. The van der Waals surface area contributed by atoms with Gasteiger partial charge in [0.1, 0.15) is 0 Å². The molecule has 3 amide bonds. The minimum absolute atomic E-state index is 0.0300. The molecule has 1 aromatic heterocycles. The lowest BCUT2D eigenvalue weighted by atomic mass is 10.1. The van der Waals surface area contributed by atoms with Gasteiger partial charge in [0.25, 0.3) is 0 Å². The van der Waals surface area contributed by atoms with Crippen molar-refractivity contribution in [1.29, 1.82) is 0 Å². The number of fused-ring (bicyclic) bond motifs is 1. The quantitative estimate of drug-likeness (QED) is 0.834. The van der Waals surface area contributed by atoms with E-state index in [2.05, 4.69) is 15.6 Å². The van der Waals surface area contributed by atoms with Crippen LogP contribution in [0.15, 0.2) is 23.6 Å². The molecular weight excluding hydrogens is 336 g/mol. The summed E-state index contributed by atoms with van der Waals surface area (Å²) in [5, 5.41) is 8.78. The number of thiazole rings is 1. The van der Waals surface area contributed by atoms with Crippen molar-refractivity contribution >= 4 is 29.0 Å². The Morgan fingerprint density at radius 3 is 2.92 bits per heavy atom. The van der Waals surface area contributed by atoms with E-state index in [1.165, 1.54) is 0 Å². The molecule has 7 heteroatoms. The Morgan fingerprint density at radius 1 is 1.36 bits per heavy atom. The van der Waals surface area contributed by atoms with Crippen LogP contribution in [0.5, 0.6) is 0 Å². The summed E-state index contributed by atoms with van der Waals surface area (Å²) in [7, 11) is 0. The number of amides is 3. The van der Waals surface area contributed by atoms with Crippen molar-refractivity contribution < 1.29 is 9.59 Å². The topological polar surface area (TPSA) is 74.3 Å². The number of benzene rings is 1. The van der Waals surface area contributed by atoms with Crippen LogP contribution in [0, 0.1) is 0 Å². The first kappa shape index (κ1) is 17.4. The van der Waals surface area contributed by atoms with Crippen molar-refractivity contribution in [3.05, 3.63) is 34.2 Å². The van der Waals surface area contributed by atoms with Crippen molar-refractivity contribution in [3.63, 3.8) is 0 Å². The molecule has 0 fully saturated rings. The summed E-state index contributed by atoms with van der Waals surface area (Å²) < 4.78 is 0. The Hall–Kier alpha value is -2.41. The molecule has 6 nitrogen and oxygen atoms in total. The van der Waals surface area contributed by atoms with Crippen LogP contribution in [0.3, 0.4) is 0 Å². The molecule has 132 valence electrons. The Balaban J connectivity index is 1.59. The van der Waals surface area contributed by atoms with Gasteiger partial charge < -0.3 is 15.5 Å². The smallest absolute Gasteiger partial charge is 0.317 e. The maximum absolute atomic E-state index is 11.9. The molecule has 25 heavy (non-hydrogen) atoms. The van der Waals surface area contributed by atoms with Crippen molar-refractivity contribution in [2.45, 2.75) is 26.7 Å². The number of carbonyl (C=O) groups is 2. The maximum Gasteiger partial charge on any atom is 0.317 e. The third-order valence-corrected chi connectivity index (χ3v) is 5.15. The van der Waals surface area contributed by atoms with Crippen LogP contribution in [-0.2, 0) is 17.6 Å². The van der Waals surface area contributed by atoms with E-state index in [9.17, 15) is 9.59 Å². The van der Waals surface area contributed by atoms with Crippen LogP contribution >= 0.6 is 11.3 Å². The zero-order valence-corrected chi connectivity index (χ0v) is 15.3. The molecule has 1 aromatic carbocycles. The highest BCUT2D eigenvalue weighted by Crippen LogP contribution is 2.29. The summed E-state index contributed by atoms with van der Waals surface area (Å²) in [6, 6.07) is 5.90. The van der Waals surface area contributed by atoms with Gasteiger partial charge in [-0.2, -0.15) is 0 Å². The molecule has 2 N–H and O–H groups in total. The molecule has 3 rings (SSSR count). The predicted octanol–water partition coefficient (Wildman–Crippen LogP) is 2.90. The van der Waals surface area contributed by atoms with Crippen LogP contribution in [0.2, 0.25) is 0 Å².